The fourth-order valence-electron chi connectivity index (χ4n) is 5.38. The molecule has 24 heavy (non-hydrogen) atoms. The number of fused-ring (bicyclic) bond motifs is 2. The van der Waals surface area contributed by atoms with Gasteiger partial charge in [0.2, 0.25) is 0 Å². The summed E-state index contributed by atoms with van der Waals surface area (Å²) in [4.78, 5) is 11.8. The summed E-state index contributed by atoms with van der Waals surface area (Å²) in [7, 11) is 0. The molecule has 3 aliphatic rings. The number of ether oxygens (including phenoxy) is 2. The van der Waals surface area contributed by atoms with Crippen molar-refractivity contribution in [1.29, 1.82) is 0 Å². The molecule has 2 aliphatic carbocycles. The molecule has 0 radical (unpaired) electrons. The smallest absolute Gasteiger partial charge is 0.407 e. The van der Waals surface area contributed by atoms with Crippen molar-refractivity contribution in [3.63, 3.8) is 0 Å². The largest absolute Gasteiger partial charge is 0.450 e. The van der Waals surface area contributed by atoms with E-state index in [0.29, 0.717) is 36.0 Å². The van der Waals surface area contributed by atoms with Crippen molar-refractivity contribution in [2.45, 2.75) is 77.5 Å². The number of hydrogen-bond acceptors (Lipinski definition) is 4. The molecule has 138 valence electrons. The predicted molar refractivity (Wildman–Crippen MR) is 93.9 cm³/mol. The van der Waals surface area contributed by atoms with Gasteiger partial charge in [-0.3, -0.25) is 0 Å². The molecule has 4 atom stereocenters. The van der Waals surface area contributed by atoms with E-state index in [0.717, 1.165) is 19.6 Å². The number of rotatable bonds is 7. The summed E-state index contributed by atoms with van der Waals surface area (Å²) in [5.74, 6) is 1.22. The average molecular weight is 338 g/mol. The molecule has 2 N–H and O–H groups in total. The highest BCUT2D eigenvalue weighted by molar-refractivity contribution is 5.67. The molecule has 1 aliphatic heterocycles. The highest BCUT2D eigenvalue weighted by Crippen LogP contribution is 2.60. The summed E-state index contributed by atoms with van der Waals surface area (Å²) in [6, 6.07) is 0.690. The second kappa shape index (κ2) is 7.61. The zero-order chi connectivity index (χ0) is 17.2. The van der Waals surface area contributed by atoms with E-state index in [1.54, 1.807) is 0 Å². The lowest BCUT2D eigenvalue weighted by molar-refractivity contribution is -0.130. The first-order valence-corrected chi connectivity index (χ1v) is 9.85. The van der Waals surface area contributed by atoms with Crippen LogP contribution in [0.15, 0.2) is 0 Å². The van der Waals surface area contributed by atoms with Gasteiger partial charge in [0.15, 0.2) is 0 Å². The van der Waals surface area contributed by atoms with Gasteiger partial charge in [-0.05, 0) is 38.5 Å². The summed E-state index contributed by atoms with van der Waals surface area (Å²) in [6.07, 6.45) is 7.61. The minimum atomic E-state index is -0.295. The van der Waals surface area contributed by atoms with Crippen molar-refractivity contribution in [1.82, 2.24) is 10.6 Å². The number of carbonyl (C=O) groups is 1. The van der Waals surface area contributed by atoms with Crippen LogP contribution in [-0.2, 0) is 9.47 Å². The lowest BCUT2D eigenvalue weighted by Gasteiger charge is -2.57. The third-order valence-corrected chi connectivity index (χ3v) is 6.22. The van der Waals surface area contributed by atoms with Gasteiger partial charge in [0.1, 0.15) is 0 Å². The summed E-state index contributed by atoms with van der Waals surface area (Å²) in [5, 5.41) is 6.86. The average Bonchev–Trinajstić information content (AvgIpc) is 3.14. The van der Waals surface area contributed by atoms with Crippen LogP contribution >= 0.6 is 0 Å². The third kappa shape index (κ3) is 3.43. The van der Waals surface area contributed by atoms with Crippen molar-refractivity contribution < 1.29 is 14.3 Å². The first-order valence-electron chi connectivity index (χ1n) is 9.85. The maximum atomic E-state index is 11.8. The van der Waals surface area contributed by atoms with E-state index in [2.05, 4.69) is 24.5 Å². The Hall–Kier alpha value is -0.810. The molecule has 0 aromatic rings. The van der Waals surface area contributed by atoms with E-state index in [1.807, 2.05) is 6.92 Å². The van der Waals surface area contributed by atoms with Crippen LogP contribution in [0, 0.1) is 17.3 Å². The topological polar surface area (TPSA) is 59.6 Å². The minimum Gasteiger partial charge on any atom is -0.450 e. The van der Waals surface area contributed by atoms with Crippen LogP contribution in [0.5, 0.6) is 0 Å². The lowest BCUT2D eigenvalue weighted by atomic mass is 9.54. The van der Waals surface area contributed by atoms with Crippen LogP contribution in [0.3, 0.4) is 0 Å². The van der Waals surface area contributed by atoms with Crippen LogP contribution in [0.4, 0.5) is 4.79 Å². The van der Waals surface area contributed by atoms with Crippen LogP contribution in [0.25, 0.3) is 0 Å². The normalized spacial score (nSPS) is 31.8. The summed E-state index contributed by atoms with van der Waals surface area (Å²) in [5.41, 5.74) is 0.369. The number of carbonyl (C=O) groups excluding carboxylic acids is 1. The van der Waals surface area contributed by atoms with E-state index < -0.39 is 0 Å². The Bertz CT molecular complexity index is 434. The number of nitrogens with one attached hydrogen (secondary N) is 2. The van der Waals surface area contributed by atoms with Crippen LogP contribution in [0.1, 0.15) is 59.3 Å². The monoisotopic (exact) mass is 338 g/mol. The fourth-order valence-corrected chi connectivity index (χ4v) is 5.38. The SMILES string of the molecule is CCOC(=O)N[C@H](CN[C@@H]1[C@H]2CCO[C@H]2C12CCCC2)CC(C)C. The molecule has 0 unspecified atom stereocenters. The molecule has 1 spiro atoms. The Kier molecular flexibility index (Phi) is 5.70. The molecule has 0 aromatic heterocycles. The highest BCUT2D eigenvalue weighted by atomic mass is 16.5. The third-order valence-electron chi connectivity index (χ3n) is 6.22. The molecular formula is C19H34N2O3. The molecule has 1 amide bonds. The summed E-state index contributed by atoms with van der Waals surface area (Å²) < 4.78 is 11.1. The molecule has 1 heterocycles. The van der Waals surface area contributed by atoms with Crippen LogP contribution < -0.4 is 10.6 Å². The van der Waals surface area contributed by atoms with Gasteiger partial charge < -0.3 is 20.1 Å². The van der Waals surface area contributed by atoms with Gasteiger partial charge in [0.25, 0.3) is 0 Å². The van der Waals surface area contributed by atoms with E-state index in [9.17, 15) is 4.79 Å². The minimum absolute atomic E-state index is 0.129. The molecular weight excluding hydrogens is 304 g/mol. The van der Waals surface area contributed by atoms with Crippen LogP contribution in [0.2, 0.25) is 0 Å². The highest BCUT2D eigenvalue weighted by Gasteiger charge is 2.64. The van der Waals surface area contributed by atoms with Gasteiger partial charge in [-0.1, -0.05) is 26.7 Å². The molecule has 3 fully saturated rings. The van der Waals surface area contributed by atoms with Gasteiger partial charge in [-0.2, -0.15) is 0 Å². The molecule has 0 aromatic carbocycles. The quantitative estimate of drug-likeness (QED) is 0.749. The first kappa shape index (κ1) is 18.0. The fraction of sp³-hybridized carbons (Fsp3) is 0.947. The maximum Gasteiger partial charge on any atom is 0.407 e. The number of amides is 1. The Morgan fingerprint density at radius 2 is 2.08 bits per heavy atom. The molecule has 3 rings (SSSR count). The van der Waals surface area contributed by atoms with Crippen LogP contribution in [-0.4, -0.2) is 44.0 Å². The van der Waals surface area contributed by atoms with Gasteiger partial charge in [-0.15, -0.1) is 0 Å². The van der Waals surface area contributed by atoms with Gasteiger partial charge in [-0.25, -0.2) is 4.79 Å². The number of alkyl carbamates (subject to hydrolysis) is 1. The van der Waals surface area contributed by atoms with E-state index in [-0.39, 0.29) is 12.1 Å². The van der Waals surface area contributed by atoms with Crippen molar-refractivity contribution in [2.24, 2.45) is 17.3 Å². The van der Waals surface area contributed by atoms with E-state index in [4.69, 9.17) is 9.47 Å². The molecule has 0 bridgehead atoms. The maximum absolute atomic E-state index is 11.8. The zero-order valence-electron chi connectivity index (χ0n) is 15.5. The Morgan fingerprint density at radius 1 is 1.33 bits per heavy atom. The van der Waals surface area contributed by atoms with E-state index >= 15 is 0 Å². The van der Waals surface area contributed by atoms with Gasteiger partial charge in [0, 0.05) is 36.6 Å². The van der Waals surface area contributed by atoms with Gasteiger partial charge in [0.05, 0.1) is 12.7 Å². The standard InChI is InChI=1S/C19H34N2O3/c1-4-23-18(22)21-14(11-13(2)3)12-20-16-15-7-10-24-17(15)19(16)8-5-6-9-19/h13-17,20H,4-12H2,1-3H3,(H,21,22)/t14-,15+,16+,17+/m0/s1. The Labute approximate surface area is 146 Å². The first-order chi connectivity index (χ1) is 11.6. The molecule has 2 saturated carbocycles. The van der Waals surface area contributed by atoms with Gasteiger partial charge >= 0.3 is 6.09 Å². The summed E-state index contributed by atoms with van der Waals surface area (Å²) in [6.45, 7) is 8.40. The molecule has 1 saturated heterocycles. The van der Waals surface area contributed by atoms with Crippen molar-refractivity contribution >= 4 is 6.09 Å². The second-order valence-electron chi connectivity index (χ2n) is 8.26. The predicted octanol–water partition coefficient (Wildman–Crippen LogP) is 3.08. The number of hydrogen-bond donors (Lipinski definition) is 2. The second-order valence-corrected chi connectivity index (χ2v) is 8.26. The van der Waals surface area contributed by atoms with Crippen molar-refractivity contribution in [3.8, 4) is 0 Å². The molecule has 5 nitrogen and oxygen atoms in total. The Morgan fingerprint density at radius 3 is 2.75 bits per heavy atom. The molecule has 5 heteroatoms. The van der Waals surface area contributed by atoms with Crippen molar-refractivity contribution in [2.75, 3.05) is 19.8 Å². The Balaban J connectivity index is 1.57. The lowest BCUT2D eigenvalue weighted by Crippen LogP contribution is -2.68. The van der Waals surface area contributed by atoms with E-state index in [1.165, 1.54) is 32.1 Å². The zero-order valence-corrected chi connectivity index (χ0v) is 15.5. The van der Waals surface area contributed by atoms with Crippen molar-refractivity contribution in [3.05, 3.63) is 0 Å². The summed E-state index contributed by atoms with van der Waals surface area (Å²) >= 11 is 0.